The van der Waals surface area contributed by atoms with E-state index in [9.17, 15) is 0 Å². The van der Waals surface area contributed by atoms with Gasteiger partial charge in [-0.05, 0) is 12.8 Å². The topological polar surface area (TPSA) is 9.23 Å². The maximum absolute atomic E-state index is 4.94. The maximum Gasteiger partial charge on any atom is 4.00 e. The Hall–Kier alpha value is 1.44. The molecule has 148 valence electrons. The molecule has 0 spiro atoms. The van der Waals surface area contributed by atoms with Crippen LogP contribution in [0.15, 0.2) is 33.4 Å². The molecule has 0 aromatic carbocycles. The van der Waals surface area contributed by atoms with Gasteiger partial charge in [0.05, 0.1) is 0 Å². The maximum atomic E-state index is 4.94. The molecule has 1 heterocycles. The van der Waals surface area contributed by atoms with Crippen LogP contribution in [0.5, 0.6) is 0 Å². The first-order valence-corrected chi connectivity index (χ1v) is 9.58. The van der Waals surface area contributed by atoms with Crippen LogP contribution in [0.3, 0.4) is 0 Å². The molecule has 3 aliphatic rings. The summed E-state index contributed by atoms with van der Waals surface area (Å²) in [6, 6.07) is 0. The van der Waals surface area contributed by atoms with Crippen molar-refractivity contribution in [2.24, 2.45) is 10.8 Å². The molecule has 0 unspecified atom stereocenters. The fourth-order valence-corrected chi connectivity index (χ4v) is 3.32. The molecule has 0 saturated carbocycles. The largest absolute Gasteiger partial charge is 4.00 e. The van der Waals surface area contributed by atoms with E-state index >= 15 is 0 Å². The molecular weight excluding hydrogens is 435 g/mol. The second kappa shape index (κ2) is 13.0. The molecule has 1 nitrogen and oxygen atoms in total. The molecule has 1 aliphatic heterocycles. The second-order valence-corrected chi connectivity index (χ2v) is 8.57. The summed E-state index contributed by atoms with van der Waals surface area (Å²) in [5, 5.41) is 0. The molecule has 1 fully saturated rings. The van der Waals surface area contributed by atoms with Crippen LogP contribution < -0.4 is 51.4 Å². The molecular formula is C24H41KOZr. The average Bonchev–Trinajstić information content (AvgIpc) is 3.18. The van der Waals surface area contributed by atoms with Crippen LogP contribution in [0, 0.1) is 23.0 Å². The molecule has 1 saturated heterocycles. The van der Waals surface area contributed by atoms with E-state index in [-0.39, 0.29) is 92.7 Å². The van der Waals surface area contributed by atoms with E-state index in [4.69, 9.17) is 4.74 Å². The van der Waals surface area contributed by atoms with Crippen molar-refractivity contribution >= 4 is 0 Å². The third-order valence-electron chi connectivity index (χ3n) is 5.95. The number of allylic oxidation sites excluding steroid dienone is 8. The van der Waals surface area contributed by atoms with Crippen LogP contribution >= 0.6 is 0 Å². The molecule has 0 radical (unpaired) electrons. The molecule has 0 aromatic rings. The van der Waals surface area contributed by atoms with Crippen LogP contribution in [0.25, 0.3) is 0 Å². The van der Waals surface area contributed by atoms with E-state index < -0.39 is 0 Å². The van der Waals surface area contributed by atoms with Gasteiger partial charge in [0.25, 0.3) is 0 Å². The standard InChI is InChI=1S/2C10H15.C4H8O.K.Zr.3H/c2*1-7-6-10(4,5)9(3)8(7)2;1-2-4-5-3-1;;;;;/h2*1-5H3;1-4H2;;;;;/q2*-1;;+1;+4;3*-1. The van der Waals surface area contributed by atoms with Crippen molar-refractivity contribution in [1.82, 2.24) is 0 Å². The number of ether oxygens (including phenoxy) is 1. The van der Waals surface area contributed by atoms with E-state index in [2.05, 4.69) is 81.4 Å². The zero-order valence-corrected chi connectivity index (χ0v) is 25.3. The summed E-state index contributed by atoms with van der Waals surface area (Å²) in [6.07, 6.45) is 9.43. The zero-order valence-electron chi connectivity index (χ0n) is 22.7. The van der Waals surface area contributed by atoms with Crippen LogP contribution in [0.4, 0.5) is 0 Å². The van der Waals surface area contributed by atoms with E-state index in [1.54, 1.807) is 0 Å². The Morgan fingerprint density at radius 2 is 1.00 bits per heavy atom. The van der Waals surface area contributed by atoms with Gasteiger partial charge in [-0.25, -0.2) is 11.1 Å². The van der Waals surface area contributed by atoms with Crippen LogP contribution in [-0.2, 0) is 30.9 Å². The first kappa shape index (κ1) is 30.6. The summed E-state index contributed by atoms with van der Waals surface area (Å²) in [5.41, 5.74) is 8.79. The van der Waals surface area contributed by atoms with Gasteiger partial charge >= 0.3 is 77.6 Å². The Morgan fingerprint density at radius 1 is 0.704 bits per heavy atom. The van der Waals surface area contributed by atoms with Gasteiger partial charge in [-0.3, -0.25) is 12.2 Å². The van der Waals surface area contributed by atoms with Crippen LogP contribution in [-0.4, -0.2) is 13.2 Å². The van der Waals surface area contributed by atoms with Gasteiger partial charge in [0.1, 0.15) is 0 Å². The van der Waals surface area contributed by atoms with Crippen molar-refractivity contribution in [3.63, 3.8) is 0 Å². The summed E-state index contributed by atoms with van der Waals surface area (Å²) in [4.78, 5) is 0. The predicted molar refractivity (Wildman–Crippen MR) is 113 cm³/mol. The van der Waals surface area contributed by atoms with E-state index in [0.29, 0.717) is 0 Å². The summed E-state index contributed by atoms with van der Waals surface area (Å²) in [7, 11) is 0. The Bertz CT molecular complexity index is 571. The Kier molecular flexibility index (Phi) is 14.7. The number of hydrogen-bond acceptors (Lipinski definition) is 1. The van der Waals surface area contributed by atoms with Crippen molar-refractivity contribution < 1.29 is 86.6 Å². The smallest absolute Gasteiger partial charge is 1.00 e. The molecule has 0 amide bonds. The SMILES string of the molecule is C1CCOC1.CC1=[C-]C(C)(C)C(C)=C1C.CC1=[C-]C(C)(C)C(C)=C1C.[H-].[H-].[H-].[K+].[Zr+4]. The summed E-state index contributed by atoms with van der Waals surface area (Å²) in [6.45, 7) is 23.8. The Balaban J connectivity index is -0.0000001000. The van der Waals surface area contributed by atoms with Crippen LogP contribution in [0.2, 0.25) is 0 Å². The first-order valence-electron chi connectivity index (χ1n) is 9.58. The molecule has 0 bridgehead atoms. The minimum Gasteiger partial charge on any atom is -1.00 e. The molecule has 0 aromatic heterocycles. The first-order chi connectivity index (χ1) is 11.4. The van der Waals surface area contributed by atoms with Crippen LogP contribution in [0.1, 0.15) is 86.4 Å². The molecule has 0 atom stereocenters. The van der Waals surface area contributed by atoms with E-state index in [1.165, 1.54) is 46.3 Å². The fourth-order valence-electron chi connectivity index (χ4n) is 3.32. The average molecular weight is 476 g/mol. The molecule has 27 heavy (non-hydrogen) atoms. The minimum absolute atomic E-state index is 0. The normalized spacial score (nSPS) is 21.9. The summed E-state index contributed by atoms with van der Waals surface area (Å²) >= 11 is 0. The van der Waals surface area contributed by atoms with Gasteiger partial charge in [0.2, 0.25) is 0 Å². The fraction of sp³-hybridized carbons (Fsp3) is 0.667. The monoisotopic (exact) mass is 474 g/mol. The quantitative estimate of drug-likeness (QED) is 0.374. The number of rotatable bonds is 0. The van der Waals surface area contributed by atoms with Gasteiger partial charge in [-0.2, -0.15) is 22.3 Å². The summed E-state index contributed by atoms with van der Waals surface area (Å²) < 4.78 is 4.94. The van der Waals surface area contributed by atoms with Gasteiger partial charge in [0, 0.05) is 13.2 Å². The second-order valence-electron chi connectivity index (χ2n) is 8.57. The van der Waals surface area contributed by atoms with Crippen molar-refractivity contribution in [1.29, 1.82) is 0 Å². The molecule has 0 N–H and O–H groups in total. The number of hydrogen-bond donors (Lipinski definition) is 0. The van der Waals surface area contributed by atoms with Crippen molar-refractivity contribution in [3.05, 3.63) is 45.6 Å². The third kappa shape index (κ3) is 8.99. The van der Waals surface area contributed by atoms with E-state index in [0.717, 1.165) is 13.2 Å². The minimum atomic E-state index is 0. The van der Waals surface area contributed by atoms with Crippen molar-refractivity contribution in [2.75, 3.05) is 13.2 Å². The van der Waals surface area contributed by atoms with E-state index in [1.807, 2.05) is 0 Å². The molecule has 3 rings (SSSR count). The van der Waals surface area contributed by atoms with Gasteiger partial charge < -0.3 is 9.02 Å². The van der Waals surface area contributed by atoms with Gasteiger partial charge in [-0.15, -0.1) is 13.8 Å². The predicted octanol–water partition coefficient (Wildman–Crippen LogP) is 4.36. The Morgan fingerprint density at radius 3 is 1.07 bits per heavy atom. The van der Waals surface area contributed by atoms with Gasteiger partial charge in [0.15, 0.2) is 0 Å². The van der Waals surface area contributed by atoms with Gasteiger partial charge in [-0.1, -0.05) is 66.2 Å². The summed E-state index contributed by atoms with van der Waals surface area (Å²) in [5.74, 6) is 0. The molecule has 2 aliphatic carbocycles. The third-order valence-corrected chi connectivity index (χ3v) is 5.95. The Labute approximate surface area is 235 Å². The van der Waals surface area contributed by atoms with Crippen molar-refractivity contribution in [3.8, 4) is 0 Å². The molecule has 3 heteroatoms. The zero-order chi connectivity index (χ0) is 19.4. The van der Waals surface area contributed by atoms with Crippen molar-refractivity contribution in [2.45, 2.75) is 82.1 Å².